The molecule has 0 spiro atoms. The van der Waals surface area contributed by atoms with Gasteiger partial charge in [0, 0.05) is 13.0 Å². The van der Waals surface area contributed by atoms with Gasteiger partial charge in [0.05, 0.1) is 5.92 Å². The van der Waals surface area contributed by atoms with Crippen molar-refractivity contribution in [1.82, 2.24) is 10.6 Å². The third-order valence-corrected chi connectivity index (χ3v) is 3.69. The van der Waals surface area contributed by atoms with Gasteiger partial charge in [-0.25, -0.2) is 0 Å². The van der Waals surface area contributed by atoms with Crippen LogP contribution >= 0.6 is 0 Å². The third-order valence-electron chi connectivity index (χ3n) is 3.69. The monoisotopic (exact) mass is 284 g/mol. The molecule has 1 fully saturated rings. The lowest BCUT2D eigenvalue weighted by atomic mass is 9.84. The first kappa shape index (κ1) is 17.0. The number of hydrogen-bond donors (Lipinski definition) is 3. The first-order chi connectivity index (χ1) is 9.28. The second kappa shape index (κ2) is 7.62. The van der Waals surface area contributed by atoms with Gasteiger partial charge in [-0.3, -0.25) is 9.59 Å². The number of carboxylic acid groups (broad SMARTS) is 1. The maximum absolute atomic E-state index is 11.9. The molecule has 1 atom stereocenters. The van der Waals surface area contributed by atoms with Crippen molar-refractivity contribution in [3.8, 4) is 0 Å². The molecule has 3 N–H and O–H groups in total. The van der Waals surface area contributed by atoms with Gasteiger partial charge in [-0.05, 0) is 43.7 Å². The van der Waals surface area contributed by atoms with E-state index < -0.39 is 11.9 Å². The number of hydrogen-bond acceptors (Lipinski definition) is 3. The quantitative estimate of drug-likeness (QED) is 0.692. The minimum Gasteiger partial charge on any atom is -0.481 e. The summed E-state index contributed by atoms with van der Waals surface area (Å²) in [5, 5.41) is 15.3. The molecule has 0 radical (unpaired) electrons. The Morgan fingerprint density at radius 3 is 2.40 bits per heavy atom. The fourth-order valence-electron chi connectivity index (χ4n) is 2.64. The summed E-state index contributed by atoms with van der Waals surface area (Å²) >= 11 is 0. The number of nitrogens with one attached hydrogen (secondary N) is 2. The molecular weight excluding hydrogens is 256 g/mol. The van der Waals surface area contributed by atoms with Gasteiger partial charge < -0.3 is 15.7 Å². The molecule has 0 aliphatic carbocycles. The fraction of sp³-hybridized carbons (Fsp3) is 0.867. The van der Waals surface area contributed by atoms with Crippen LogP contribution in [-0.2, 0) is 9.59 Å². The van der Waals surface area contributed by atoms with E-state index in [1.807, 2.05) is 20.8 Å². The predicted octanol–water partition coefficient (Wildman–Crippen LogP) is 1.63. The molecule has 116 valence electrons. The molecule has 0 aromatic carbocycles. The van der Waals surface area contributed by atoms with Gasteiger partial charge in [-0.2, -0.15) is 0 Å². The Morgan fingerprint density at radius 2 is 1.90 bits per heavy atom. The molecule has 1 amide bonds. The van der Waals surface area contributed by atoms with Crippen molar-refractivity contribution in [3.63, 3.8) is 0 Å². The zero-order valence-corrected chi connectivity index (χ0v) is 12.9. The van der Waals surface area contributed by atoms with Crippen molar-refractivity contribution in [3.05, 3.63) is 0 Å². The highest BCUT2D eigenvalue weighted by Crippen LogP contribution is 2.24. The van der Waals surface area contributed by atoms with E-state index in [1.54, 1.807) is 0 Å². The minimum absolute atomic E-state index is 0.0166. The van der Waals surface area contributed by atoms with Crippen molar-refractivity contribution in [1.29, 1.82) is 0 Å². The highest BCUT2D eigenvalue weighted by molar-refractivity contribution is 5.77. The van der Waals surface area contributed by atoms with E-state index in [1.165, 1.54) is 0 Å². The number of carbonyl (C=O) groups excluding carboxylic acids is 1. The largest absolute Gasteiger partial charge is 0.481 e. The first-order valence-corrected chi connectivity index (χ1v) is 7.48. The summed E-state index contributed by atoms with van der Waals surface area (Å²) in [7, 11) is 0. The van der Waals surface area contributed by atoms with Crippen LogP contribution < -0.4 is 10.6 Å². The normalized spacial score (nSPS) is 18.6. The average Bonchev–Trinajstić information content (AvgIpc) is 2.34. The highest BCUT2D eigenvalue weighted by atomic mass is 16.4. The number of piperidine rings is 1. The highest BCUT2D eigenvalue weighted by Gasteiger charge is 2.25. The number of amides is 1. The smallest absolute Gasteiger partial charge is 0.308 e. The van der Waals surface area contributed by atoms with Gasteiger partial charge in [0.25, 0.3) is 0 Å². The van der Waals surface area contributed by atoms with E-state index in [4.69, 9.17) is 0 Å². The van der Waals surface area contributed by atoms with Gasteiger partial charge in [0.1, 0.15) is 0 Å². The number of aliphatic carboxylic acids is 1. The van der Waals surface area contributed by atoms with E-state index in [0.717, 1.165) is 25.9 Å². The van der Waals surface area contributed by atoms with Crippen molar-refractivity contribution >= 4 is 11.9 Å². The molecule has 0 saturated carbocycles. The Hall–Kier alpha value is -1.10. The molecule has 20 heavy (non-hydrogen) atoms. The Morgan fingerprint density at radius 1 is 1.30 bits per heavy atom. The molecule has 1 saturated heterocycles. The Bertz CT molecular complexity index is 331. The SMILES string of the molecule is CC(C)(C)CC(CNC(=O)CC1CCNCC1)C(=O)O. The van der Waals surface area contributed by atoms with Crippen molar-refractivity contribution in [2.45, 2.75) is 46.5 Å². The zero-order chi connectivity index (χ0) is 15.2. The van der Waals surface area contributed by atoms with Crippen LogP contribution in [0.2, 0.25) is 0 Å². The summed E-state index contributed by atoms with van der Waals surface area (Å²) < 4.78 is 0. The molecule has 0 aromatic heterocycles. The minimum atomic E-state index is -0.831. The first-order valence-electron chi connectivity index (χ1n) is 7.48. The molecule has 1 unspecified atom stereocenters. The van der Waals surface area contributed by atoms with Crippen LogP contribution in [0.25, 0.3) is 0 Å². The van der Waals surface area contributed by atoms with E-state index in [-0.39, 0.29) is 17.9 Å². The number of carbonyl (C=O) groups is 2. The summed E-state index contributed by atoms with van der Waals surface area (Å²) in [4.78, 5) is 23.1. The molecule has 5 nitrogen and oxygen atoms in total. The van der Waals surface area contributed by atoms with E-state index in [2.05, 4.69) is 10.6 Å². The van der Waals surface area contributed by atoms with Gasteiger partial charge >= 0.3 is 5.97 Å². The molecule has 1 aliphatic rings. The van der Waals surface area contributed by atoms with Crippen molar-refractivity contribution < 1.29 is 14.7 Å². The lowest BCUT2D eigenvalue weighted by Gasteiger charge is -2.24. The number of rotatable bonds is 6. The Kier molecular flexibility index (Phi) is 6.46. The molecular formula is C15H28N2O3. The van der Waals surface area contributed by atoms with Crippen LogP contribution in [0.4, 0.5) is 0 Å². The fourth-order valence-corrected chi connectivity index (χ4v) is 2.64. The molecule has 5 heteroatoms. The van der Waals surface area contributed by atoms with Crippen LogP contribution in [0.5, 0.6) is 0 Å². The predicted molar refractivity (Wildman–Crippen MR) is 78.4 cm³/mol. The van der Waals surface area contributed by atoms with Crippen LogP contribution in [0.3, 0.4) is 0 Å². The summed E-state index contributed by atoms with van der Waals surface area (Å²) in [5.74, 6) is -0.923. The molecule has 1 heterocycles. The van der Waals surface area contributed by atoms with Gasteiger partial charge in [0.2, 0.25) is 5.91 Å². The topological polar surface area (TPSA) is 78.4 Å². The third kappa shape index (κ3) is 6.89. The lowest BCUT2D eigenvalue weighted by molar-refractivity contribution is -0.142. The van der Waals surface area contributed by atoms with Crippen LogP contribution in [0.15, 0.2) is 0 Å². The standard InChI is InChI=1S/C15H28N2O3/c1-15(2,3)9-12(14(19)20)10-17-13(18)8-11-4-6-16-7-5-11/h11-12,16H,4-10H2,1-3H3,(H,17,18)(H,19,20). The van der Waals surface area contributed by atoms with E-state index in [9.17, 15) is 14.7 Å². The maximum Gasteiger partial charge on any atom is 0.308 e. The van der Waals surface area contributed by atoms with Crippen LogP contribution in [0.1, 0.15) is 46.5 Å². The average molecular weight is 284 g/mol. The second-order valence-electron chi connectivity index (χ2n) is 7.00. The van der Waals surface area contributed by atoms with Crippen LogP contribution in [0, 0.1) is 17.3 Å². The molecule has 0 aromatic rings. The van der Waals surface area contributed by atoms with Crippen LogP contribution in [-0.4, -0.2) is 36.6 Å². The van der Waals surface area contributed by atoms with Crippen molar-refractivity contribution in [2.75, 3.05) is 19.6 Å². The van der Waals surface area contributed by atoms with Gasteiger partial charge in [0.15, 0.2) is 0 Å². The second-order valence-corrected chi connectivity index (χ2v) is 7.00. The van der Waals surface area contributed by atoms with E-state index >= 15 is 0 Å². The molecule has 1 aliphatic heterocycles. The van der Waals surface area contributed by atoms with E-state index in [0.29, 0.717) is 18.8 Å². The molecule has 0 bridgehead atoms. The molecule has 1 rings (SSSR count). The zero-order valence-electron chi connectivity index (χ0n) is 12.9. The lowest BCUT2D eigenvalue weighted by Crippen LogP contribution is -2.37. The van der Waals surface area contributed by atoms with Crippen molar-refractivity contribution in [2.24, 2.45) is 17.3 Å². The van der Waals surface area contributed by atoms with Gasteiger partial charge in [-0.15, -0.1) is 0 Å². The van der Waals surface area contributed by atoms with Gasteiger partial charge in [-0.1, -0.05) is 20.8 Å². The number of carboxylic acids is 1. The summed E-state index contributed by atoms with van der Waals surface area (Å²) in [6, 6.07) is 0. The Labute approximate surface area is 121 Å². The Balaban J connectivity index is 2.34. The summed E-state index contributed by atoms with van der Waals surface area (Å²) in [6.07, 6.45) is 3.13. The maximum atomic E-state index is 11.9. The summed E-state index contributed by atoms with van der Waals surface area (Å²) in [5.41, 5.74) is -0.0528. The summed E-state index contributed by atoms with van der Waals surface area (Å²) in [6.45, 7) is 8.22.